The number of carbonyl (C=O) groups is 1. The van der Waals surface area contributed by atoms with Gasteiger partial charge in [-0.2, -0.15) is 0 Å². The van der Waals surface area contributed by atoms with Crippen molar-refractivity contribution in [1.29, 1.82) is 0 Å². The van der Waals surface area contributed by atoms with Crippen molar-refractivity contribution in [3.63, 3.8) is 0 Å². The second-order valence-corrected chi connectivity index (χ2v) is 4.34. The highest BCUT2D eigenvalue weighted by atomic mass is 16.2. The van der Waals surface area contributed by atoms with Crippen molar-refractivity contribution in [1.82, 2.24) is 15.5 Å². The molecule has 4 heteroatoms. The third-order valence-electron chi connectivity index (χ3n) is 2.49. The number of nitrogens with zero attached hydrogens (tertiary/aromatic N) is 1. The van der Waals surface area contributed by atoms with Crippen LogP contribution in [0.1, 0.15) is 18.5 Å². The fourth-order valence-electron chi connectivity index (χ4n) is 1.47. The second kappa shape index (κ2) is 6.91. The van der Waals surface area contributed by atoms with E-state index < -0.39 is 0 Å². The molecule has 1 aromatic rings. The van der Waals surface area contributed by atoms with Gasteiger partial charge >= 0.3 is 6.03 Å². The zero-order valence-electron chi connectivity index (χ0n) is 10.7. The van der Waals surface area contributed by atoms with Gasteiger partial charge in [-0.15, -0.1) is 0 Å². The fraction of sp³-hybridized carbons (Fsp3) is 0.462. The molecule has 0 aromatic heterocycles. The number of hydrogen-bond donors (Lipinski definition) is 2. The summed E-state index contributed by atoms with van der Waals surface area (Å²) in [5, 5.41) is 5.72. The Hall–Kier alpha value is -1.55. The third kappa shape index (κ3) is 5.36. The number of rotatable bonds is 5. The molecule has 0 heterocycles. The highest BCUT2D eigenvalue weighted by molar-refractivity contribution is 5.74. The number of nitrogens with one attached hydrogen (secondary N) is 2. The molecule has 0 aliphatic carbocycles. The molecule has 0 saturated carbocycles. The fourth-order valence-corrected chi connectivity index (χ4v) is 1.47. The van der Waals surface area contributed by atoms with Gasteiger partial charge < -0.3 is 15.5 Å². The van der Waals surface area contributed by atoms with Crippen molar-refractivity contribution in [2.24, 2.45) is 0 Å². The van der Waals surface area contributed by atoms with Gasteiger partial charge in [0.2, 0.25) is 0 Å². The molecule has 0 saturated heterocycles. The van der Waals surface area contributed by atoms with Gasteiger partial charge in [-0.1, -0.05) is 30.3 Å². The summed E-state index contributed by atoms with van der Waals surface area (Å²) in [6.45, 7) is 3.47. The lowest BCUT2D eigenvalue weighted by molar-refractivity contribution is 0.236. The van der Waals surface area contributed by atoms with E-state index in [2.05, 4.69) is 10.6 Å². The first-order valence-corrected chi connectivity index (χ1v) is 5.83. The van der Waals surface area contributed by atoms with E-state index in [0.29, 0.717) is 6.54 Å². The molecule has 4 nitrogen and oxygen atoms in total. The molecule has 0 spiro atoms. The minimum atomic E-state index is -0.122. The largest absolute Gasteiger partial charge is 0.337 e. The molecule has 0 bridgehead atoms. The van der Waals surface area contributed by atoms with Crippen molar-refractivity contribution in [3.05, 3.63) is 35.9 Å². The predicted octanol–water partition coefficient (Wildman–Crippen LogP) is 1.61. The summed E-state index contributed by atoms with van der Waals surface area (Å²) in [6.07, 6.45) is 0. The Morgan fingerprint density at radius 2 is 1.94 bits per heavy atom. The van der Waals surface area contributed by atoms with E-state index in [1.807, 2.05) is 56.3 Å². The summed E-state index contributed by atoms with van der Waals surface area (Å²) in [6, 6.07) is 9.82. The Kier molecular flexibility index (Phi) is 5.49. The molecular weight excluding hydrogens is 214 g/mol. The van der Waals surface area contributed by atoms with Gasteiger partial charge in [0, 0.05) is 13.1 Å². The van der Waals surface area contributed by atoms with E-state index in [0.717, 1.165) is 12.1 Å². The van der Waals surface area contributed by atoms with Crippen LogP contribution in [0.2, 0.25) is 0 Å². The van der Waals surface area contributed by atoms with Crippen molar-refractivity contribution < 1.29 is 4.79 Å². The Morgan fingerprint density at radius 3 is 2.53 bits per heavy atom. The van der Waals surface area contributed by atoms with Crippen LogP contribution in [0.4, 0.5) is 4.79 Å². The molecular formula is C13H21N3O. The smallest absolute Gasteiger partial charge is 0.315 e. The number of benzene rings is 1. The van der Waals surface area contributed by atoms with Crippen LogP contribution < -0.4 is 10.6 Å². The van der Waals surface area contributed by atoms with Gasteiger partial charge in [-0.3, -0.25) is 0 Å². The topological polar surface area (TPSA) is 44.4 Å². The lowest BCUT2D eigenvalue weighted by atomic mass is 10.1. The molecule has 17 heavy (non-hydrogen) atoms. The lowest BCUT2D eigenvalue weighted by Gasteiger charge is -2.16. The first-order chi connectivity index (χ1) is 8.09. The number of urea groups is 1. The van der Waals surface area contributed by atoms with Crippen LogP contribution >= 0.6 is 0 Å². The van der Waals surface area contributed by atoms with E-state index in [1.54, 1.807) is 0 Å². The van der Waals surface area contributed by atoms with E-state index in [1.165, 1.54) is 0 Å². The van der Waals surface area contributed by atoms with E-state index in [-0.39, 0.29) is 12.1 Å². The quantitative estimate of drug-likeness (QED) is 0.814. The molecule has 0 aliphatic rings. The van der Waals surface area contributed by atoms with Crippen molar-refractivity contribution >= 4 is 6.03 Å². The van der Waals surface area contributed by atoms with Crippen LogP contribution in [0.3, 0.4) is 0 Å². The van der Waals surface area contributed by atoms with E-state index in [4.69, 9.17) is 0 Å². The molecule has 0 aliphatic heterocycles. The van der Waals surface area contributed by atoms with Gasteiger partial charge in [0.25, 0.3) is 0 Å². The first kappa shape index (κ1) is 13.5. The van der Waals surface area contributed by atoms with Crippen LogP contribution in [0.25, 0.3) is 0 Å². The minimum Gasteiger partial charge on any atom is -0.337 e. The molecule has 0 fully saturated rings. The summed E-state index contributed by atoms with van der Waals surface area (Å²) in [5.41, 5.74) is 1.11. The summed E-state index contributed by atoms with van der Waals surface area (Å²) in [4.78, 5) is 13.6. The highest BCUT2D eigenvalue weighted by Gasteiger charge is 2.07. The number of hydrogen-bond acceptors (Lipinski definition) is 2. The molecule has 1 rings (SSSR count). The zero-order valence-corrected chi connectivity index (χ0v) is 10.7. The van der Waals surface area contributed by atoms with Crippen LogP contribution in [-0.2, 0) is 0 Å². The molecule has 0 radical (unpaired) electrons. The number of likely N-dealkylation sites (N-methyl/N-ethyl adjacent to an activating group) is 1. The van der Waals surface area contributed by atoms with Crippen LogP contribution in [0, 0.1) is 0 Å². The maximum atomic E-state index is 11.6. The molecule has 1 aromatic carbocycles. The van der Waals surface area contributed by atoms with Crippen LogP contribution in [-0.4, -0.2) is 38.1 Å². The summed E-state index contributed by atoms with van der Waals surface area (Å²) < 4.78 is 0. The second-order valence-electron chi connectivity index (χ2n) is 4.34. The van der Waals surface area contributed by atoms with Crippen molar-refractivity contribution in [2.75, 3.05) is 27.2 Å². The lowest BCUT2D eigenvalue weighted by Crippen LogP contribution is -2.40. The number of carbonyl (C=O) groups excluding carboxylic acids is 1. The molecule has 2 amide bonds. The maximum absolute atomic E-state index is 11.6. The predicted molar refractivity (Wildman–Crippen MR) is 69.9 cm³/mol. The highest BCUT2D eigenvalue weighted by Crippen LogP contribution is 2.10. The van der Waals surface area contributed by atoms with E-state index in [9.17, 15) is 4.79 Å². The molecule has 1 atom stereocenters. The minimum absolute atomic E-state index is 0.0237. The SMILES string of the molecule is CC(NC(=O)NCCN(C)C)c1ccccc1. The van der Waals surface area contributed by atoms with Gasteiger partial charge in [-0.05, 0) is 26.6 Å². The van der Waals surface area contributed by atoms with Crippen LogP contribution in [0.5, 0.6) is 0 Å². The zero-order chi connectivity index (χ0) is 12.7. The first-order valence-electron chi connectivity index (χ1n) is 5.83. The molecule has 1 unspecified atom stereocenters. The number of amides is 2. The summed E-state index contributed by atoms with van der Waals surface area (Å²) >= 11 is 0. The molecule has 94 valence electrons. The van der Waals surface area contributed by atoms with Crippen molar-refractivity contribution in [2.45, 2.75) is 13.0 Å². The average molecular weight is 235 g/mol. The van der Waals surface area contributed by atoms with E-state index >= 15 is 0 Å². The standard InChI is InChI=1S/C13H21N3O/c1-11(12-7-5-4-6-8-12)15-13(17)14-9-10-16(2)3/h4-8,11H,9-10H2,1-3H3,(H2,14,15,17). The Labute approximate surface area is 103 Å². The normalized spacial score (nSPS) is 12.2. The Bertz CT molecular complexity index is 338. The monoisotopic (exact) mass is 235 g/mol. The molecule has 2 N–H and O–H groups in total. The van der Waals surface area contributed by atoms with Crippen LogP contribution in [0.15, 0.2) is 30.3 Å². The average Bonchev–Trinajstić information content (AvgIpc) is 2.29. The van der Waals surface area contributed by atoms with Gasteiger partial charge in [-0.25, -0.2) is 4.79 Å². The summed E-state index contributed by atoms with van der Waals surface area (Å²) in [7, 11) is 3.96. The van der Waals surface area contributed by atoms with Crippen molar-refractivity contribution in [3.8, 4) is 0 Å². The third-order valence-corrected chi connectivity index (χ3v) is 2.49. The maximum Gasteiger partial charge on any atom is 0.315 e. The van der Waals surface area contributed by atoms with Gasteiger partial charge in [0.05, 0.1) is 6.04 Å². The Morgan fingerprint density at radius 1 is 1.29 bits per heavy atom. The van der Waals surface area contributed by atoms with Gasteiger partial charge in [0.1, 0.15) is 0 Å². The van der Waals surface area contributed by atoms with Gasteiger partial charge in [0.15, 0.2) is 0 Å². The summed E-state index contributed by atoms with van der Waals surface area (Å²) in [5.74, 6) is 0. The Balaban J connectivity index is 2.31.